The van der Waals surface area contributed by atoms with E-state index in [0.29, 0.717) is 11.1 Å². The lowest BCUT2D eigenvalue weighted by molar-refractivity contribution is -0.143. The highest BCUT2D eigenvalue weighted by Crippen LogP contribution is 2.19. The SMILES string of the molecule is CC(N)C(=O)NC(Cc1ccc(O)cc1)C(=O)NC(Cc1c[nH]c2ccccc12)C(=O)NC(CC(N)=O)C(=O)O. The highest BCUT2D eigenvalue weighted by atomic mass is 16.4. The minimum absolute atomic E-state index is 0.00538. The van der Waals surface area contributed by atoms with Gasteiger partial charge in [0.15, 0.2) is 0 Å². The Bertz CT molecular complexity index is 1390. The van der Waals surface area contributed by atoms with Crippen molar-refractivity contribution in [3.05, 3.63) is 65.9 Å². The van der Waals surface area contributed by atoms with E-state index in [1.165, 1.54) is 19.1 Å². The summed E-state index contributed by atoms with van der Waals surface area (Å²) in [5.41, 5.74) is 12.9. The van der Waals surface area contributed by atoms with Crippen molar-refractivity contribution in [3.8, 4) is 5.75 Å². The van der Waals surface area contributed by atoms with Gasteiger partial charge in [-0.25, -0.2) is 4.79 Å². The number of carboxylic acid groups (broad SMARTS) is 1. The number of benzene rings is 2. The van der Waals surface area contributed by atoms with Gasteiger partial charge in [0, 0.05) is 29.9 Å². The van der Waals surface area contributed by atoms with Crippen LogP contribution >= 0.6 is 0 Å². The first-order chi connectivity index (χ1) is 18.9. The Balaban J connectivity index is 1.90. The molecule has 0 radical (unpaired) electrons. The van der Waals surface area contributed by atoms with Gasteiger partial charge < -0.3 is 42.6 Å². The predicted molar refractivity (Wildman–Crippen MR) is 145 cm³/mol. The maximum atomic E-state index is 13.5. The Morgan fingerprint density at radius 2 is 1.43 bits per heavy atom. The third kappa shape index (κ3) is 8.04. The predicted octanol–water partition coefficient (Wildman–Crippen LogP) is -0.580. The molecule has 0 aliphatic heterocycles. The lowest BCUT2D eigenvalue weighted by Gasteiger charge is -2.25. The molecule has 1 aromatic heterocycles. The zero-order valence-electron chi connectivity index (χ0n) is 21.7. The number of phenolic OH excluding ortho intramolecular Hbond substituents is 1. The summed E-state index contributed by atoms with van der Waals surface area (Å²) in [5.74, 6) is -4.60. The first-order valence-electron chi connectivity index (χ1n) is 12.4. The van der Waals surface area contributed by atoms with Crippen LogP contribution in [0.2, 0.25) is 0 Å². The number of aromatic hydroxyl groups is 1. The van der Waals surface area contributed by atoms with E-state index in [0.717, 1.165) is 10.9 Å². The summed E-state index contributed by atoms with van der Waals surface area (Å²) in [4.78, 5) is 65.3. The van der Waals surface area contributed by atoms with Crippen molar-refractivity contribution in [2.45, 2.75) is 50.4 Å². The molecule has 4 unspecified atom stereocenters. The number of carbonyl (C=O) groups is 5. The molecule has 4 atom stereocenters. The van der Waals surface area contributed by atoms with E-state index in [2.05, 4.69) is 20.9 Å². The molecule has 0 spiro atoms. The largest absolute Gasteiger partial charge is 0.508 e. The number of carbonyl (C=O) groups excluding carboxylic acids is 4. The van der Waals surface area contributed by atoms with Crippen molar-refractivity contribution in [3.63, 3.8) is 0 Å². The van der Waals surface area contributed by atoms with Gasteiger partial charge >= 0.3 is 5.97 Å². The number of aromatic amines is 1. The molecule has 3 aromatic rings. The second-order valence-corrected chi connectivity index (χ2v) is 9.42. The molecule has 4 amide bonds. The Morgan fingerprint density at radius 3 is 2.02 bits per heavy atom. The standard InChI is InChI=1S/C27H32N6O7/c1-14(28)24(36)31-20(10-15-6-8-17(34)9-7-15)25(37)32-21(26(38)33-22(27(39)40)12-23(29)35)11-16-13-30-19-5-3-2-4-18(16)19/h2-9,13-14,20-22,30,34H,10-12,28H2,1H3,(H2,29,35)(H,31,36)(H,32,37)(H,33,38)(H,39,40). The molecule has 13 nitrogen and oxygen atoms in total. The molecule has 0 saturated heterocycles. The van der Waals surface area contributed by atoms with E-state index in [1.807, 2.05) is 18.2 Å². The lowest BCUT2D eigenvalue weighted by Crippen LogP contribution is -2.58. The molecule has 3 rings (SSSR count). The summed E-state index contributed by atoms with van der Waals surface area (Å²) >= 11 is 0. The van der Waals surface area contributed by atoms with E-state index in [1.54, 1.807) is 24.4 Å². The number of amides is 4. The number of fused-ring (bicyclic) bond motifs is 1. The summed E-state index contributed by atoms with van der Waals surface area (Å²) in [7, 11) is 0. The van der Waals surface area contributed by atoms with Crippen LogP contribution in [0, 0.1) is 0 Å². The van der Waals surface area contributed by atoms with Gasteiger partial charge in [0.2, 0.25) is 23.6 Å². The number of H-pyrrole nitrogens is 1. The zero-order chi connectivity index (χ0) is 29.4. The summed E-state index contributed by atoms with van der Waals surface area (Å²) in [5, 5.41) is 27.3. The molecule has 1 heterocycles. The number of aliphatic carboxylic acids is 1. The maximum Gasteiger partial charge on any atom is 0.326 e. The molecule has 10 N–H and O–H groups in total. The van der Waals surface area contributed by atoms with Gasteiger partial charge in [-0.15, -0.1) is 0 Å². The van der Waals surface area contributed by atoms with E-state index >= 15 is 0 Å². The van der Waals surface area contributed by atoms with Crippen molar-refractivity contribution >= 4 is 40.5 Å². The van der Waals surface area contributed by atoms with E-state index in [4.69, 9.17) is 11.5 Å². The molecular weight excluding hydrogens is 520 g/mol. The summed E-state index contributed by atoms with van der Waals surface area (Å²) in [6.07, 6.45) is 0.979. The molecule has 0 saturated carbocycles. The number of hydrogen-bond acceptors (Lipinski definition) is 7. The average molecular weight is 553 g/mol. The Labute approximate surface area is 229 Å². The first-order valence-corrected chi connectivity index (χ1v) is 12.4. The third-order valence-electron chi connectivity index (χ3n) is 6.17. The van der Waals surface area contributed by atoms with Gasteiger partial charge in [-0.05, 0) is 36.2 Å². The lowest BCUT2D eigenvalue weighted by atomic mass is 10.0. The molecule has 0 aliphatic carbocycles. The molecule has 2 aromatic carbocycles. The topological polar surface area (TPSA) is 230 Å². The van der Waals surface area contributed by atoms with Crippen LogP contribution in [0.5, 0.6) is 5.75 Å². The van der Waals surface area contributed by atoms with E-state index in [9.17, 15) is 34.2 Å². The van der Waals surface area contributed by atoms with Crippen LogP contribution in [-0.4, -0.2) is 69.0 Å². The van der Waals surface area contributed by atoms with Crippen molar-refractivity contribution < 1.29 is 34.2 Å². The molecule has 13 heteroatoms. The van der Waals surface area contributed by atoms with Crippen LogP contribution in [0.15, 0.2) is 54.7 Å². The summed E-state index contributed by atoms with van der Waals surface area (Å²) in [6.45, 7) is 1.45. The number of hydrogen-bond donors (Lipinski definition) is 8. The fourth-order valence-corrected chi connectivity index (χ4v) is 4.06. The summed E-state index contributed by atoms with van der Waals surface area (Å²) < 4.78 is 0. The van der Waals surface area contributed by atoms with Gasteiger partial charge in [0.25, 0.3) is 0 Å². The van der Waals surface area contributed by atoms with Gasteiger partial charge in [0.1, 0.15) is 23.9 Å². The van der Waals surface area contributed by atoms with Crippen molar-refractivity contribution in [1.82, 2.24) is 20.9 Å². The second-order valence-electron chi connectivity index (χ2n) is 9.42. The molecule has 0 fully saturated rings. The van der Waals surface area contributed by atoms with Gasteiger partial charge in [0.05, 0.1) is 12.5 Å². The minimum Gasteiger partial charge on any atom is -0.508 e. The molecule has 40 heavy (non-hydrogen) atoms. The Morgan fingerprint density at radius 1 is 0.850 bits per heavy atom. The van der Waals surface area contributed by atoms with Gasteiger partial charge in [-0.3, -0.25) is 19.2 Å². The van der Waals surface area contributed by atoms with Gasteiger partial charge in [-0.1, -0.05) is 30.3 Å². The van der Waals surface area contributed by atoms with Crippen LogP contribution in [0.3, 0.4) is 0 Å². The Hall–Kier alpha value is -4.91. The van der Waals surface area contributed by atoms with Crippen molar-refractivity contribution in [2.75, 3.05) is 0 Å². The molecule has 0 bridgehead atoms. The summed E-state index contributed by atoms with van der Waals surface area (Å²) in [6, 6.07) is 8.28. The number of para-hydroxylation sites is 1. The number of carboxylic acids is 1. The fourth-order valence-electron chi connectivity index (χ4n) is 4.06. The molecular formula is C27H32N6O7. The van der Waals surface area contributed by atoms with Crippen LogP contribution in [0.4, 0.5) is 0 Å². The smallest absolute Gasteiger partial charge is 0.326 e. The van der Waals surface area contributed by atoms with Crippen LogP contribution in [0.25, 0.3) is 10.9 Å². The number of phenols is 1. The number of nitrogens with one attached hydrogen (secondary N) is 4. The minimum atomic E-state index is -1.61. The number of rotatable bonds is 13. The van der Waals surface area contributed by atoms with Crippen molar-refractivity contribution in [2.24, 2.45) is 11.5 Å². The average Bonchev–Trinajstić information content (AvgIpc) is 3.31. The molecule has 0 aliphatic rings. The van der Waals surface area contributed by atoms with E-state index < -0.39 is 60.2 Å². The Kier molecular flexibility index (Phi) is 9.81. The maximum absolute atomic E-state index is 13.5. The van der Waals surface area contributed by atoms with E-state index in [-0.39, 0.29) is 18.6 Å². The highest BCUT2D eigenvalue weighted by molar-refractivity contribution is 5.95. The first kappa shape index (κ1) is 29.6. The second kappa shape index (κ2) is 13.2. The van der Waals surface area contributed by atoms with Crippen LogP contribution in [-0.2, 0) is 36.8 Å². The van der Waals surface area contributed by atoms with Gasteiger partial charge in [-0.2, -0.15) is 0 Å². The number of primary amides is 1. The van der Waals surface area contributed by atoms with Crippen LogP contribution in [0.1, 0.15) is 24.5 Å². The normalized spacial score (nSPS) is 13.9. The number of aromatic nitrogens is 1. The quantitative estimate of drug-likeness (QED) is 0.136. The zero-order valence-corrected chi connectivity index (χ0v) is 21.7. The fraction of sp³-hybridized carbons (Fsp3) is 0.296. The van der Waals surface area contributed by atoms with Crippen LogP contribution < -0.4 is 27.4 Å². The highest BCUT2D eigenvalue weighted by Gasteiger charge is 2.31. The van der Waals surface area contributed by atoms with Crippen molar-refractivity contribution in [1.29, 1.82) is 0 Å². The third-order valence-corrected chi connectivity index (χ3v) is 6.17. The number of nitrogens with two attached hydrogens (primary N) is 2. The molecule has 212 valence electrons. The monoisotopic (exact) mass is 552 g/mol.